The van der Waals surface area contributed by atoms with Gasteiger partial charge in [0, 0.05) is 173 Å². The molecule has 0 saturated heterocycles. The van der Waals surface area contributed by atoms with Crippen LogP contribution < -0.4 is 18.9 Å². The molecule has 0 bridgehead atoms. The van der Waals surface area contributed by atoms with Crippen LogP contribution in [0.4, 0.5) is 0 Å². The van der Waals surface area contributed by atoms with Gasteiger partial charge in [-0.15, -0.1) is 6.42 Å². The molecule has 340 valence electrons. The van der Waals surface area contributed by atoms with Crippen LogP contribution in [0.25, 0.3) is 0 Å². The molecule has 4 aromatic rings. The van der Waals surface area contributed by atoms with E-state index in [4.69, 9.17) is 25.4 Å². The Morgan fingerprint density at radius 3 is 0.984 bits per heavy atom. The Labute approximate surface area is 407 Å². The van der Waals surface area contributed by atoms with Crippen LogP contribution in [0.15, 0.2) is 91.0 Å². The highest BCUT2D eigenvalue weighted by atomic mass is 16.5. The maximum atomic E-state index is 11.5. The molecule has 0 aromatic heterocycles. The van der Waals surface area contributed by atoms with E-state index >= 15 is 0 Å². The van der Waals surface area contributed by atoms with Gasteiger partial charge in [-0.25, -0.2) is 0 Å². The average Bonchev–Trinajstić information content (AvgIpc) is 3.27. The van der Waals surface area contributed by atoms with Crippen molar-refractivity contribution in [3.05, 3.63) is 102 Å². The molecule has 0 spiro atoms. The second kappa shape index (κ2) is 26.9. The van der Waals surface area contributed by atoms with Crippen LogP contribution in [-0.4, -0.2) is 5.78 Å². The van der Waals surface area contributed by atoms with E-state index in [2.05, 4.69) is 172 Å². The Morgan fingerprint density at radius 1 is 0.387 bits per heavy atom. The van der Waals surface area contributed by atoms with Gasteiger partial charge in [0.15, 0.2) is 5.78 Å². The van der Waals surface area contributed by atoms with Gasteiger partial charge in [0.1, 0.15) is 46.4 Å². The fraction of sp³-hybridized carbons (Fsp3) is 0.0351. The predicted octanol–water partition coefficient (Wildman–Crippen LogP) is 15.0. The monoisotopic (exact) mass is 847 g/mol. The molecule has 4 rings (SSSR count). The quantitative estimate of drug-likeness (QED) is 0.131. The molecule has 0 aliphatic heterocycles. The van der Waals surface area contributed by atoms with Crippen LogP contribution in [0.5, 0.6) is 40.2 Å². The number of benzene rings is 4. The molecule has 0 fully saturated rings. The highest BCUT2D eigenvalue weighted by Crippen LogP contribution is 2.31. The standard InChI is InChI=1S/C57H22O5.30H2/c1-4-5-6-7-8-9-10-11-12-13-14-15-16-17-18-19-20-21-22-23-24-25-26-27-28-29-30-31-44-59-56-45-48(2)46-57(47-56)62-55-42-40-54(41-43-55)61-53-38-36-52(37-39-53)60-51-34-32-50(33-35-51)49(3)58;;;;;;;;;;;;;;;;;;;;;;;;;;;;;;/h1,32-43,45-47H,2-3H3;30*1H. The van der Waals surface area contributed by atoms with E-state index in [0.717, 1.165) is 5.56 Å². The van der Waals surface area contributed by atoms with Gasteiger partial charge in [0.25, 0.3) is 0 Å². The summed E-state index contributed by atoms with van der Waals surface area (Å²) >= 11 is 0. The van der Waals surface area contributed by atoms with Gasteiger partial charge in [-0.1, -0.05) is 0 Å². The maximum absolute atomic E-state index is 11.5. The van der Waals surface area contributed by atoms with Crippen molar-refractivity contribution < 1.29 is 66.5 Å². The number of hydrogen-bond donors (Lipinski definition) is 0. The third-order valence-corrected chi connectivity index (χ3v) is 6.56. The summed E-state index contributed by atoms with van der Waals surface area (Å²) in [5.74, 6) is 74.0. The minimum absolute atomic E-state index is 0. The Bertz CT molecular complexity index is 3420. The normalized spacial score (nSPS) is 7.37. The number of hydrogen-bond acceptors (Lipinski definition) is 5. The minimum Gasteiger partial charge on any atom is -0.457 e. The van der Waals surface area contributed by atoms with Gasteiger partial charge in [0.2, 0.25) is 0 Å². The summed E-state index contributed by atoms with van der Waals surface area (Å²) < 4.78 is 23.4. The van der Waals surface area contributed by atoms with Crippen molar-refractivity contribution >= 4 is 5.78 Å². The van der Waals surface area contributed by atoms with Gasteiger partial charge in [-0.3, -0.25) is 4.79 Å². The second-order valence-electron chi connectivity index (χ2n) is 11.0. The number of Topliss-reactive ketones (excluding diaryl/α,β-unsaturated/α-hetero) is 1. The Kier molecular flexibility index (Phi) is 19.0. The number of aryl methyl sites for hydroxylation is 1. The lowest BCUT2D eigenvalue weighted by molar-refractivity contribution is 0.101. The zero-order valence-electron chi connectivity index (χ0n) is 32.8. The molecule has 5 heteroatoms. The molecule has 0 heterocycles. The Hall–Kier alpha value is -10.9. The third kappa shape index (κ3) is 18.7. The van der Waals surface area contributed by atoms with Gasteiger partial charge < -0.3 is 18.9 Å². The molecule has 0 atom stereocenters. The summed E-state index contributed by atoms with van der Waals surface area (Å²) in [6, 6.07) is 26.8. The lowest BCUT2D eigenvalue weighted by Crippen LogP contribution is -1.91. The Balaban J connectivity index is -0.0000000563. The molecule has 62 heavy (non-hydrogen) atoms. The van der Waals surface area contributed by atoms with E-state index in [1.54, 1.807) is 78.9 Å². The Morgan fingerprint density at radius 2 is 0.661 bits per heavy atom. The van der Waals surface area contributed by atoms with Crippen LogP contribution in [-0.2, 0) is 0 Å². The van der Waals surface area contributed by atoms with E-state index in [1.807, 2.05) is 19.1 Å². The first-order valence-corrected chi connectivity index (χ1v) is 17.6. The van der Waals surface area contributed by atoms with Gasteiger partial charge in [-0.2, -0.15) is 0 Å². The predicted molar refractivity (Wildman–Crippen MR) is 302 cm³/mol. The smallest absolute Gasteiger partial charge is 0.159 e. The van der Waals surface area contributed by atoms with Gasteiger partial charge in [0.05, 0.1) is 0 Å². The molecule has 0 radical (unpaired) electrons. The zero-order chi connectivity index (χ0) is 43.7. The molecule has 5 nitrogen and oxygen atoms in total. The van der Waals surface area contributed by atoms with Crippen LogP contribution >= 0.6 is 0 Å². The van der Waals surface area contributed by atoms with Crippen LogP contribution in [0.1, 0.15) is 65.6 Å². The number of ketones is 1. The van der Waals surface area contributed by atoms with Crippen LogP contribution in [0, 0.1) is 185 Å². The number of terminal acetylenes is 1. The second-order valence-corrected chi connectivity index (χ2v) is 11.0. The van der Waals surface area contributed by atoms with Crippen molar-refractivity contribution in [1.82, 2.24) is 0 Å². The van der Waals surface area contributed by atoms with Crippen molar-refractivity contribution in [2.24, 2.45) is 0 Å². The minimum atomic E-state index is 0. The highest BCUT2D eigenvalue weighted by Gasteiger charge is 2.05. The summed E-state index contributed by atoms with van der Waals surface area (Å²) in [7, 11) is 0. The fourth-order valence-electron chi connectivity index (χ4n) is 4.08. The topological polar surface area (TPSA) is 54.0 Å². The summed E-state index contributed by atoms with van der Waals surface area (Å²) in [5, 5.41) is 0. The molecule has 0 aliphatic rings. The lowest BCUT2D eigenvalue weighted by Gasteiger charge is -2.10. The SMILES string of the molecule is C#CC#CC#CC#CC#CC#CC#CC#CC#CC#CC#CC#CC#CC#CC#COc1cc(C)cc(Oc2ccc(Oc3ccc(Oc4ccc(C(C)=O)cc4)cc3)cc2)c1.[HH].[HH].[HH].[HH].[HH].[HH].[HH].[HH].[HH].[HH].[HH].[HH].[HH].[HH].[HH].[HH].[HH].[HH].[HH].[HH].[HH].[HH].[HH].[HH].[HH].[HH].[HH].[HH].[HH].[HH]. The van der Waals surface area contributed by atoms with Crippen molar-refractivity contribution in [3.8, 4) is 219 Å². The maximum Gasteiger partial charge on any atom is 0.159 e. The first kappa shape index (κ1) is 43.9. The molecule has 0 amide bonds. The number of carbonyl (C=O) groups is 1. The largest absolute Gasteiger partial charge is 0.457 e. The number of ether oxygens (including phenoxy) is 4. The van der Waals surface area contributed by atoms with E-state index in [-0.39, 0.29) is 48.6 Å². The van der Waals surface area contributed by atoms with E-state index < -0.39 is 0 Å². The third-order valence-electron chi connectivity index (χ3n) is 6.56. The van der Waals surface area contributed by atoms with E-state index in [9.17, 15) is 4.79 Å². The average molecular weight is 847 g/mol. The number of rotatable bonds is 8. The molecule has 0 unspecified atom stereocenters. The zero-order valence-corrected chi connectivity index (χ0v) is 32.8. The fourth-order valence-corrected chi connectivity index (χ4v) is 4.08. The van der Waals surface area contributed by atoms with E-state index in [1.165, 1.54) is 6.92 Å². The highest BCUT2D eigenvalue weighted by molar-refractivity contribution is 5.94. The number of carbonyl (C=O) groups excluding carboxylic acids is 1. The van der Waals surface area contributed by atoms with Gasteiger partial charge >= 0.3 is 0 Å². The van der Waals surface area contributed by atoms with Crippen molar-refractivity contribution in [2.75, 3.05) is 0 Å². The first-order chi connectivity index (χ1) is 30.5. The molecule has 4 aromatic carbocycles. The van der Waals surface area contributed by atoms with Crippen LogP contribution in [0.3, 0.4) is 0 Å². The van der Waals surface area contributed by atoms with Gasteiger partial charge in [-0.05, 0) is 152 Å². The van der Waals surface area contributed by atoms with Crippen molar-refractivity contribution in [2.45, 2.75) is 13.8 Å². The molecule has 0 saturated carbocycles. The molecule has 0 aliphatic carbocycles. The summed E-state index contributed by atoms with van der Waals surface area (Å²) in [6.45, 7) is 3.44. The van der Waals surface area contributed by atoms with Crippen molar-refractivity contribution in [3.63, 3.8) is 0 Å². The van der Waals surface area contributed by atoms with Crippen molar-refractivity contribution in [1.29, 1.82) is 0 Å². The summed E-state index contributed by atoms with van der Waals surface area (Å²) in [5.41, 5.74) is 1.54. The molecular weight excluding hydrogens is 765 g/mol. The summed E-state index contributed by atoms with van der Waals surface area (Å²) in [6.07, 6.45) is 7.49. The van der Waals surface area contributed by atoms with E-state index in [0.29, 0.717) is 45.8 Å². The summed E-state index contributed by atoms with van der Waals surface area (Å²) in [4.78, 5) is 11.5. The molecule has 0 N–H and O–H groups in total. The lowest BCUT2D eigenvalue weighted by atomic mass is 10.1. The first-order valence-electron chi connectivity index (χ1n) is 17.6. The van der Waals surface area contributed by atoms with Crippen LogP contribution in [0.2, 0.25) is 0 Å². The molecular formula is C57H82O5.